The molecule has 0 saturated carbocycles. The van der Waals surface area contributed by atoms with Crippen LogP contribution in [0.5, 0.6) is 23.0 Å². The molecule has 2 aromatic heterocycles. The molecule has 0 aliphatic heterocycles. The maximum Gasteiger partial charge on any atom is 0.265 e. The van der Waals surface area contributed by atoms with Crippen LogP contribution in [-0.2, 0) is 11.2 Å². The Morgan fingerprint density at radius 1 is 0.860 bits per heavy atom. The van der Waals surface area contributed by atoms with Gasteiger partial charge in [0.05, 0.1) is 35.7 Å². The van der Waals surface area contributed by atoms with Crippen molar-refractivity contribution in [2.75, 3.05) is 24.9 Å². The van der Waals surface area contributed by atoms with Crippen LogP contribution in [0, 0.1) is 5.82 Å². The van der Waals surface area contributed by atoms with Crippen LogP contribution in [-0.4, -0.2) is 36.1 Å². The molecular formula is C31H25FN4O5S2. The third-order valence-corrected chi connectivity index (χ3v) is 7.45. The van der Waals surface area contributed by atoms with Crippen LogP contribution in [0.15, 0.2) is 85.1 Å². The van der Waals surface area contributed by atoms with E-state index in [9.17, 15) is 9.59 Å². The lowest BCUT2D eigenvalue weighted by Crippen LogP contribution is -2.35. The molecule has 12 heteroatoms. The summed E-state index contributed by atoms with van der Waals surface area (Å²) in [7, 11) is 3.04. The molecule has 5 rings (SSSR count). The van der Waals surface area contributed by atoms with Crippen LogP contribution in [0.25, 0.3) is 10.2 Å². The SMILES string of the molecule is COc1ccc(NC(=O)c2cc3nccc(Oc4ccc(NC(=S)NC(=O)Cc5ccccc5)cc4F)c3s2)cc1OC. The molecule has 2 heterocycles. The first-order valence-corrected chi connectivity index (χ1v) is 14.1. The molecule has 5 aromatic rings. The molecule has 3 aromatic carbocycles. The van der Waals surface area contributed by atoms with Gasteiger partial charge in [-0.2, -0.15) is 0 Å². The largest absolute Gasteiger partial charge is 0.493 e. The van der Waals surface area contributed by atoms with E-state index >= 15 is 4.39 Å². The van der Waals surface area contributed by atoms with Crippen molar-refractivity contribution in [2.24, 2.45) is 0 Å². The van der Waals surface area contributed by atoms with E-state index in [0.29, 0.717) is 43.7 Å². The van der Waals surface area contributed by atoms with Gasteiger partial charge < -0.3 is 30.2 Å². The first-order chi connectivity index (χ1) is 20.8. The average Bonchev–Trinajstić information content (AvgIpc) is 3.44. The number of pyridine rings is 1. The zero-order valence-corrected chi connectivity index (χ0v) is 24.6. The number of halogens is 1. The van der Waals surface area contributed by atoms with Crippen LogP contribution in [0.3, 0.4) is 0 Å². The highest BCUT2D eigenvalue weighted by molar-refractivity contribution is 7.80. The van der Waals surface area contributed by atoms with Crippen molar-refractivity contribution in [3.63, 3.8) is 0 Å². The number of benzene rings is 3. The normalized spacial score (nSPS) is 10.6. The maximum atomic E-state index is 15.0. The highest BCUT2D eigenvalue weighted by Crippen LogP contribution is 2.37. The van der Waals surface area contributed by atoms with E-state index in [4.69, 9.17) is 26.4 Å². The highest BCUT2D eigenvalue weighted by Gasteiger charge is 2.17. The molecule has 3 N–H and O–H groups in total. The summed E-state index contributed by atoms with van der Waals surface area (Å²) in [6.07, 6.45) is 1.68. The molecule has 0 unspecified atom stereocenters. The van der Waals surface area contributed by atoms with Gasteiger partial charge in [0.2, 0.25) is 5.91 Å². The van der Waals surface area contributed by atoms with Gasteiger partial charge >= 0.3 is 0 Å². The lowest BCUT2D eigenvalue weighted by molar-refractivity contribution is -0.119. The molecule has 218 valence electrons. The number of anilines is 2. The fourth-order valence-electron chi connectivity index (χ4n) is 4.11. The Labute approximate surface area is 255 Å². The van der Waals surface area contributed by atoms with Gasteiger partial charge in [0.1, 0.15) is 5.75 Å². The topological polar surface area (TPSA) is 111 Å². The van der Waals surface area contributed by atoms with E-state index in [0.717, 1.165) is 16.9 Å². The van der Waals surface area contributed by atoms with Crippen LogP contribution in [0.2, 0.25) is 0 Å². The van der Waals surface area contributed by atoms with Crippen LogP contribution >= 0.6 is 23.6 Å². The van der Waals surface area contributed by atoms with E-state index in [1.54, 1.807) is 36.4 Å². The van der Waals surface area contributed by atoms with Crippen LogP contribution in [0.4, 0.5) is 15.8 Å². The number of amides is 2. The van der Waals surface area contributed by atoms with Gasteiger partial charge in [-0.05, 0) is 48.1 Å². The number of aromatic nitrogens is 1. The smallest absolute Gasteiger partial charge is 0.265 e. The number of carbonyl (C=O) groups excluding carboxylic acids is 2. The van der Waals surface area contributed by atoms with Gasteiger partial charge in [0.15, 0.2) is 28.2 Å². The van der Waals surface area contributed by atoms with Gasteiger partial charge in [-0.15, -0.1) is 11.3 Å². The first-order valence-electron chi connectivity index (χ1n) is 12.9. The number of rotatable bonds is 9. The van der Waals surface area contributed by atoms with Gasteiger partial charge in [-0.3, -0.25) is 14.6 Å². The molecule has 9 nitrogen and oxygen atoms in total. The summed E-state index contributed by atoms with van der Waals surface area (Å²) in [5.74, 6) is 0.0133. The predicted molar refractivity (Wildman–Crippen MR) is 168 cm³/mol. The molecule has 2 amide bonds. The molecular weight excluding hydrogens is 591 g/mol. The number of nitrogens with one attached hydrogen (secondary N) is 3. The standard InChI is InChI=1S/C31H25FN4O5S2/c1-39-24-11-9-20(16-26(24)40-2)34-30(38)27-17-22-29(43-27)25(12-13-33-22)41-23-10-8-19(15-21(23)32)35-31(42)36-28(37)14-18-6-4-3-5-7-18/h3-13,15-17H,14H2,1-2H3,(H,34,38)(H2,35,36,37,42). The summed E-state index contributed by atoms with van der Waals surface area (Å²) in [6, 6.07) is 21.7. The second kappa shape index (κ2) is 13.3. The molecule has 0 spiro atoms. The number of methoxy groups -OCH3 is 2. The van der Waals surface area contributed by atoms with Crippen molar-refractivity contribution in [1.82, 2.24) is 10.3 Å². The molecule has 0 fully saturated rings. The number of thiophene rings is 1. The predicted octanol–water partition coefficient (Wildman–Crippen LogP) is 6.55. The van der Waals surface area contributed by atoms with Crippen molar-refractivity contribution >= 4 is 62.1 Å². The van der Waals surface area contributed by atoms with Crippen molar-refractivity contribution < 1.29 is 28.2 Å². The molecule has 43 heavy (non-hydrogen) atoms. The Balaban J connectivity index is 1.25. The zero-order chi connectivity index (χ0) is 30.3. The summed E-state index contributed by atoms with van der Waals surface area (Å²) in [6.45, 7) is 0. The Bertz CT molecular complexity index is 1810. The molecule has 0 aliphatic carbocycles. The average molecular weight is 617 g/mol. The number of fused-ring (bicyclic) bond motifs is 1. The van der Waals surface area contributed by atoms with Crippen LogP contribution in [0.1, 0.15) is 15.2 Å². The van der Waals surface area contributed by atoms with Gasteiger partial charge in [-0.1, -0.05) is 30.3 Å². The third-order valence-electron chi connectivity index (χ3n) is 6.11. The first kappa shape index (κ1) is 29.4. The highest BCUT2D eigenvalue weighted by atomic mass is 32.1. The van der Waals surface area contributed by atoms with Gasteiger partial charge in [0.25, 0.3) is 5.91 Å². The number of hydrogen-bond acceptors (Lipinski definition) is 8. The molecule has 0 bridgehead atoms. The number of ether oxygens (including phenoxy) is 3. The molecule has 0 saturated heterocycles. The monoisotopic (exact) mass is 616 g/mol. The summed E-state index contributed by atoms with van der Waals surface area (Å²) in [4.78, 5) is 30.0. The summed E-state index contributed by atoms with van der Waals surface area (Å²) >= 11 is 6.37. The number of nitrogens with zero attached hydrogens (tertiary/aromatic N) is 1. The number of thiocarbonyl (C=S) groups is 1. The van der Waals surface area contributed by atoms with Crippen molar-refractivity contribution in [3.8, 4) is 23.0 Å². The van der Waals surface area contributed by atoms with E-state index in [-0.39, 0.29) is 29.1 Å². The summed E-state index contributed by atoms with van der Waals surface area (Å²) in [5.41, 5.74) is 2.22. The lowest BCUT2D eigenvalue weighted by atomic mass is 10.1. The van der Waals surface area contributed by atoms with Crippen molar-refractivity contribution in [3.05, 3.63) is 101 Å². The van der Waals surface area contributed by atoms with E-state index < -0.39 is 5.82 Å². The third kappa shape index (κ3) is 7.23. The maximum absolute atomic E-state index is 15.0. The van der Waals surface area contributed by atoms with Crippen LogP contribution < -0.4 is 30.2 Å². The second-order valence-electron chi connectivity index (χ2n) is 9.07. The molecule has 0 aliphatic rings. The lowest BCUT2D eigenvalue weighted by Gasteiger charge is -2.12. The Hall–Kier alpha value is -5.07. The summed E-state index contributed by atoms with van der Waals surface area (Å²) in [5, 5.41) is 8.27. The zero-order valence-electron chi connectivity index (χ0n) is 23.0. The minimum absolute atomic E-state index is 0.0400. The molecule has 0 radical (unpaired) electrons. The van der Waals surface area contributed by atoms with E-state index in [2.05, 4.69) is 20.9 Å². The van der Waals surface area contributed by atoms with Gasteiger partial charge in [0, 0.05) is 35.8 Å². The number of hydrogen-bond donors (Lipinski definition) is 3. The van der Waals surface area contributed by atoms with Gasteiger partial charge in [-0.25, -0.2) is 4.39 Å². The summed E-state index contributed by atoms with van der Waals surface area (Å²) < 4.78 is 32.0. The Morgan fingerprint density at radius 2 is 1.58 bits per heavy atom. The fourth-order valence-corrected chi connectivity index (χ4v) is 5.30. The Morgan fingerprint density at radius 3 is 2.30 bits per heavy atom. The Kier molecular flexibility index (Phi) is 9.08. The van der Waals surface area contributed by atoms with Crippen molar-refractivity contribution in [2.45, 2.75) is 6.42 Å². The minimum atomic E-state index is -0.656. The quantitative estimate of drug-likeness (QED) is 0.160. The van der Waals surface area contributed by atoms with E-state index in [1.165, 1.54) is 32.5 Å². The molecule has 0 atom stereocenters. The fraction of sp³-hybridized carbons (Fsp3) is 0.0968. The van der Waals surface area contributed by atoms with Crippen molar-refractivity contribution in [1.29, 1.82) is 0 Å². The van der Waals surface area contributed by atoms with E-state index in [1.807, 2.05) is 30.3 Å². The number of carbonyl (C=O) groups is 2. The minimum Gasteiger partial charge on any atom is -0.493 e. The second-order valence-corrected chi connectivity index (χ2v) is 10.5.